The quantitative estimate of drug-likeness (QED) is 0.858. The summed E-state index contributed by atoms with van der Waals surface area (Å²) in [5.41, 5.74) is 0.124. The van der Waals surface area contributed by atoms with Crippen LogP contribution in [0, 0.1) is 11.8 Å². The van der Waals surface area contributed by atoms with Gasteiger partial charge in [0, 0.05) is 17.3 Å². The third-order valence-electron chi connectivity index (χ3n) is 5.13. The number of fused-ring (bicyclic) bond motifs is 1. The number of nitrogens with one attached hydrogen (secondary N) is 1. The van der Waals surface area contributed by atoms with Crippen LogP contribution < -0.4 is 10.2 Å². The third kappa shape index (κ3) is 2.09. The van der Waals surface area contributed by atoms with E-state index >= 15 is 0 Å². The van der Waals surface area contributed by atoms with Crippen molar-refractivity contribution in [3.8, 4) is 0 Å². The first-order valence-electron chi connectivity index (χ1n) is 8.12. The van der Waals surface area contributed by atoms with Gasteiger partial charge in [-0.1, -0.05) is 30.4 Å². The van der Waals surface area contributed by atoms with Gasteiger partial charge in [-0.25, -0.2) is 4.98 Å². The number of anilines is 2. The molecule has 2 aromatic rings. The van der Waals surface area contributed by atoms with Gasteiger partial charge in [-0.2, -0.15) is 0 Å². The Morgan fingerprint density at radius 1 is 1.36 bits per heavy atom. The summed E-state index contributed by atoms with van der Waals surface area (Å²) in [6, 6.07) is 9.51. The van der Waals surface area contributed by atoms with Crippen LogP contribution in [0.1, 0.15) is 0 Å². The van der Waals surface area contributed by atoms with Crippen LogP contribution in [0.4, 0.5) is 10.8 Å². The summed E-state index contributed by atoms with van der Waals surface area (Å²) in [6.07, 6.45) is 5.14. The monoisotopic (exact) mass is 353 g/mol. The van der Waals surface area contributed by atoms with Crippen LogP contribution in [-0.4, -0.2) is 35.0 Å². The highest BCUT2D eigenvalue weighted by Gasteiger charge is 2.67. The van der Waals surface area contributed by atoms with E-state index in [4.69, 9.17) is 4.74 Å². The molecule has 1 spiro atoms. The molecule has 6 nitrogen and oxygen atoms in total. The molecule has 0 radical (unpaired) electrons. The molecule has 7 heteroatoms. The molecule has 2 bridgehead atoms. The molecule has 4 atom stereocenters. The van der Waals surface area contributed by atoms with Crippen molar-refractivity contribution in [3.05, 3.63) is 54.1 Å². The highest BCUT2D eigenvalue weighted by atomic mass is 32.1. The van der Waals surface area contributed by atoms with Gasteiger partial charge in [0.15, 0.2) is 5.13 Å². The Balaban J connectivity index is 1.47. The summed E-state index contributed by atoms with van der Waals surface area (Å²) in [7, 11) is 0. The Bertz CT molecular complexity index is 867. The largest absolute Gasteiger partial charge is 0.360 e. The summed E-state index contributed by atoms with van der Waals surface area (Å²) in [6.45, 7) is 0.439. The van der Waals surface area contributed by atoms with E-state index < -0.39 is 17.4 Å². The van der Waals surface area contributed by atoms with Crippen LogP contribution in [0.2, 0.25) is 0 Å². The fraction of sp³-hybridized carbons (Fsp3) is 0.278. The van der Waals surface area contributed by atoms with E-state index in [1.54, 1.807) is 16.5 Å². The number of rotatable bonds is 3. The summed E-state index contributed by atoms with van der Waals surface area (Å²) >= 11 is 1.35. The number of thiazole rings is 1. The smallest absolute Gasteiger partial charge is 0.234 e. The molecule has 2 saturated heterocycles. The molecular formula is C18H15N3O3S. The molecule has 0 unspecified atom stereocenters. The van der Waals surface area contributed by atoms with Gasteiger partial charge in [0.1, 0.15) is 5.60 Å². The SMILES string of the molecule is O=C(Nc1nccs1)[C@@H]1[C@H]2C(=O)N(c3ccccc3)C[C@]23C=C[C@H]1O3. The van der Waals surface area contributed by atoms with Crippen LogP contribution >= 0.6 is 11.3 Å². The zero-order chi connectivity index (χ0) is 17.0. The zero-order valence-electron chi connectivity index (χ0n) is 13.2. The molecule has 25 heavy (non-hydrogen) atoms. The standard InChI is InChI=1S/C18H15N3O3S/c22-15(20-17-19-8-9-25-17)13-12-6-7-18(24-12)10-21(16(23)14(13)18)11-4-2-1-3-5-11/h1-9,12-14H,10H2,(H,19,20,22)/t12-,13+,14+,18-/m1/s1. The number of benzene rings is 1. The molecule has 1 aromatic heterocycles. The number of hydrogen-bond acceptors (Lipinski definition) is 5. The van der Waals surface area contributed by atoms with E-state index in [9.17, 15) is 9.59 Å². The molecule has 1 N–H and O–H groups in total. The summed E-state index contributed by atoms with van der Waals surface area (Å²) in [5.74, 6) is -1.30. The second-order valence-corrected chi connectivity index (χ2v) is 7.38. The van der Waals surface area contributed by atoms with Crippen LogP contribution in [0.5, 0.6) is 0 Å². The van der Waals surface area contributed by atoms with E-state index in [1.807, 2.05) is 42.5 Å². The normalized spacial score (nSPS) is 32.2. The lowest BCUT2D eigenvalue weighted by atomic mass is 9.77. The average Bonchev–Trinajstić information content (AvgIpc) is 3.38. The molecule has 0 aliphatic carbocycles. The van der Waals surface area contributed by atoms with Gasteiger partial charge in [-0.15, -0.1) is 11.3 Å². The Morgan fingerprint density at radius 3 is 2.96 bits per heavy atom. The van der Waals surface area contributed by atoms with Gasteiger partial charge >= 0.3 is 0 Å². The topological polar surface area (TPSA) is 71.5 Å². The summed E-state index contributed by atoms with van der Waals surface area (Å²) in [4.78, 5) is 31.7. The van der Waals surface area contributed by atoms with Crippen molar-refractivity contribution in [2.75, 3.05) is 16.8 Å². The van der Waals surface area contributed by atoms with Crippen LogP contribution in [-0.2, 0) is 14.3 Å². The maximum Gasteiger partial charge on any atom is 0.234 e. The summed E-state index contributed by atoms with van der Waals surface area (Å²) < 4.78 is 6.11. The number of para-hydroxylation sites is 1. The van der Waals surface area contributed by atoms with Gasteiger partial charge in [0.05, 0.1) is 24.5 Å². The Hall–Kier alpha value is -2.51. The van der Waals surface area contributed by atoms with E-state index in [1.165, 1.54) is 11.3 Å². The molecule has 4 heterocycles. The number of carbonyl (C=O) groups is 2. The molecule has 5 rings (SSSR count). The second kappa shape index (κ2) is 5.24. The minimum atomic E-state index is -0.706. The molecule has 3 aliphatic rings. The fourth-order valence-corrected chi connectivity index (χ4v) is 4.63. The van der Waals surface area contributed by atoms with Gasteiger partial charge in [0.2, 0.25) is 11.8 Å². The average molecular weight is 353 g/mol. The maximum atomic E-state index is 13.1. The molecule has 3 aliphatic heterocycles. The van der Waals surface area contributed by atoms with Gasteiger partial charge in [-0.05, 0) is 12.1 Å². The fourth-order valence-electron chi connectivity index (χ4n) is 4.10. The van der Waals surface area contributed by atoms with Gasteiger partial charge in [-0.3, -0.25) is 9.59 Å². The first-order chi connectivity index (χ1) is 12.2. The van der Waals surface area contributed by atoms with Crippen LogP contribution in [0.25, 0.3) is 0 Å². The van der Waals surface area contributed by atoms with E-state index in [2.05, 4.69) is 10.3 Å². The van der Waals surface area contributed by atoms with E-state index in [0.717, 1.165) is 5.69 Å². The van der Waals surface area contributed by atoms with Crippen molar-refractivity contribution in [2.24, 2.45) is 11.8 Å². The van der Waals surface area contributed by atoms with Crippen molar-refractivity contribution in [3.63, 3.8) is 0 Å². The predicted molar refractivity (Wildman–Crippen MR) is 93.3 cm³/mol. The summed E-state index contributed by atoms with van der Waals surface area (Å²) in [5, 5.41) is 5.15. The van der Waals surface area contributed by atoms with Crippen molar-refractivity contribution in [2.45, 2.75) is 11.7 Å². The Kier molecular flexibility index (Phi) is 3.10. The zero-order valence-corrected chi connectivity index (χ0v) is 14.0. The van der Waals surface area contributed by atoms with Gasteiger partial charge < -0.3 is 15.0 Å². The van der Waals surface area contributed by atoms with Gasteiger partial charge in [0.25, 0.3) is 0 Å². The van der Waals surface area contributed by atoms with Crippen molar-refractivity contribution >= 4 is 34.0 Å². The number of ether oxygens (including phenoxy) is 1. The minimum Gasteiger partial charge on any atom is -0.360 e. The van der Waals surface area contributed by atoms with Crippen molar-refractivity contribution in [1.29, 1.82) is 0 Å². The predicted octanol–water partition coefficient (Wildman–Crippen LogP) is 2.07. The van der Waals surface area contributed by atoms with Crippen molar-refractivity contribution < 1.29 is 14.3 Å². The molecule has 2 amide bonds. The Morgan fingerprint density at radius 2 is 2.20 bits per heavy atom. The number of amides is 2. The number of carbonyl (C=O) groups excluding carboxylic acids is 2. The lowest BCUT2D eigenvalue weighted by molar-refractivity contribution is -0.128. The highest BCUT2D eigenvalue weighted by molar-refractivity contribution is 7.13. The molecule has 126 valence electrons. The maximum absolute atomic E-state index is 13.1. The third-order valence-corrected chi connectivity index (χ3v) is 5.82. The lowest BCUT2D eigenvalue weighted by Crippen LogP contribution is -2.41. The Labute approximate surface area is 148 Å². The molecule has 0 saturated carbocycles. The number of aromatic nitrogens is 1. The molecule has 1 aromatic carbocycles. The van der Waals surface area contributed by atoms with E-state index in [0.29, 0.717) is 11.7 Å². The van der Waals surface area contributed by atoms with Crippen LogP contribution in [0.15, 0.2) is 54.1 Å². The minimum absolute atomic E-state index is 0.0580. The molecular weight excluding hydrogens is 338 g/mol. The second-order valence-electron chi connectivity index (χ2n) is 6.49. The van der Waals surface area contributed by atoms with Crippen molar-refractivity contribution in [1.82, 2.24) is 4.98 Å². The number of nitrogens with zero attached hydrogens (tertiary/aromatic N) is 2. The first kappa shape index (κ1) is 14.8. The first-order valence-corrected chi connectivity index (χ1v) is 9.00. The molecule has 2 fully saturated rings. The van der Waals surface area contributed by atoms with Crippen LogP contribution in [0.3, 0.4) is 0 Å². The number of hydrogen-bond donors (Lipinski definition) is 1. The lowest BCUT2D eigenvalue weighted by Gasteiger charge is -2.22. The van der Waals surface area contributed by atoms with E-state index in [-0.39, 0.29) is 17.9 Å². The highest BCUT2D eigenvalue weighted by Crippen LogP contribution is 2.52.